The van der Waals surface area contributed by atoms with Gasteiger partial charge in [0.25, 0.3) is 0 Å². The molecule has 2 amide bonds. The van der Waals surface area contributed by atoms with Crippen LogP contribution in [0.3, 0.4) is 0 Å². The number of sulfonamides is 1. The van der Waals surface area contributed by atoms with Crippen molar-refractivity contribution in [3.8, 4) is 0 Å². The Kier molecular flexibility index (Phi) is 9.70. The fourth-order valence-electron chi connectivity index (χ4n) is 3.62. The lowest BCUT2D eigenvalue weighted by atomic mass is 10.0. The SMILES string of the molecule is CC(C)NC(=O)[C@H](C)N(Cc1cccc(Br)c1)C(=O)CN(c1ccccc1C(C)C)S(C)(=O)=O. The zero-order valence-electron chi connectivity index (χ0n) is 20.6. The number of hydrogen-bond acceptors (Lipinski definition) is 4. The molecule has 9 heteroatoms. The Hall–Kier alpha value is -2.39. The van der Waals surface area contributed by atoms with E-state index in [1.807, 2.05) is 64.1 Å². The lowest BCUT2D eigenvalue weighted by Crippen LogP contribution is -2.52. The largest absolute Gasteiger partial charge is 0.352 e. The molecule has 1 N–H and O–H groups in total. The van der Waals surface area contributed by atoms with Gasteiger partial charge in [0, 0.05) is 17.1 Å². The van der Waals surface area contributed by atoms with Gasteiger partial charge in [-0.1, -0.05) is 60.1 Å². The highest BCUT2D eigenvalue weighted by Gasteiger charge is 2.31. The fraction of sp³-hybridized carbons (Fsp3) is 0.440. The van der Waals surface area contributed by atoms with Gasteiger partial charge in [0.1, 0.15) is 12.6 Å². The Bertz CT molecular complexity index is 1120. The van der Waals surface area contributed by atoms with Crippen LogP contribution in [-0.4, -0.2) is 50.0 Å². The number of para-hydroxylation sites is 1. The summed E-state index contributed by atoms with van der Waals surface area (Å²) in [6.07, 6.45) is 1.09. The summed E-state index contributed by atoms with van der Waals surface area (Å²) in [6, 6.07) is 13.7. The van der Waals surface area contributed by atoms with E-state index in [1.165, 1.54) is 4.90 Å². The second kappa shape index (κ2) is 11.8. The standard InChI is InChI=1S/C25H34BrN3O4S/c1-17(2)22-12-7-8-13-23(22)29(34(6,32)33)16-24(30)28(19(5)25(31)27-18(3)4)15-20-10-9-11-21(26)14-20/h7-14,17-19H,15-16H2,1-6H3,(H,27,31)/t19-/m0/s1. The third-order valence-corrected chi connectivity index (χ3v) is 6.97. The molecular weight excluding hydrogens is 518 g/mol. The summed E-state index contributed by atoms with van der Waals surface area (Å²) in [4.78, 5) is 27.8. The van der Waals surface area contributed by atoms with Crippen molar-refractivity contribution in [3.63, 3.8) is 0 Å². The van der Waals surface area contributed by atoms with Gasteiger partial charge in [-0.25, -0.2) is 8.42 Å². The highest BCUT2D eigenvalue weighted by Crippen LogP contribution is 2.29. The molecule has 0 aromatic heterocycles. The Labute approximate surface area is 211 Å². The molecule has 0 unspecified atom stereocenters. The van der Waals surface area contributed by atoms with Crippen LogP contribution in [0.15, 0.2) is 53.0 Å². The quantitative estimate of drug-likeness (QED) is 0.477. The van der Waals surface area contributed by atoms with Crippen molar-refractivity contribution < 1.29 is 18.0 Å². The Morgan fingerprint density at radius 3 is 2.21 bits per heavy atom. The van der Waals surface area contributed by atoms with E-state index in [0.717, 1.165) is 26.2 Å². The molecule has 0 radical (unpaired) electrons. The number of halogens is 1. The van der Waals surface area contributed by atoms with Gasteiger partial charge < -0.3 is 10.2 Å². The number of anilines is 1. The molecule has 0 spiro atoms. The van der Waals surface area contributed by atoms with Crippen molar-refractivity contribution >= 4 is 43.5 Å². The third kappa shape index (κ3) is 7.56. The number of carbonyl (C=O) groups is 2. The Morgan fingerprint density at radius 2 is 1.65 bits per heavy atom. The molecule has 34 heavy (non-hydrogen) atoms. The maximum Gasteiger partial charge on any atom is 0.244 e. The van der Waals surface area contributed by atoms with Crippen molar-refractivity contribution in [2.75, 3.05) is 17.1 Å². The predicted octanol–water partition coefficient (Wildman–Crippen LogP) is 4.28. The minimum atomic E-state index is -3.77. The second-order valence-electron chi connectivity index (χ2n) is 8.97. The van der Waals surface area contributed by atoms with E-state index in [2.05, 4.69) is 21.2 Å². The fourth-order valence-corrected chi connectivity index (χ4v) is 4.93. The molecule has 7 nitrogen and oxygen atoms in total. The van der Waals surface area contributed by atoms with Crippen LogP contribution in [-0.2, 0) is 26.2 Å². The number of carbonyl (C=O) groups excluding carboxylic acids is 2. The van der Waals surface area contributed by atoms with E-state index in [9.17, 15) is 18.0 Å². The van der Waals surface area contributed by atoms with Gasteiger partial charge in [-0.05, 0) is 56.0 Å². The first-order chi connectivity index (χ1) is 15.8. The summed E-state index contributed by atoms with van der Waals surface area (Å²) in [7, 11) is -3.77. The monoisotopic (exact) mass is 551 g/mol. The first kappa shape index (κ1) is 27.9. The van der Waals surface area contributed by atoms with Crippen LogP contribution < -0.4 is 9.62 Å². The average Bonchev–Trinajstić information content (AvgIpc) is 2.74. The molecule has 2 aromatic rings. The molecule has 0 fully saturated rings. The smallest absolute Gasteiger partial charge is 0.244 e. The molecule has 2 rings (SSSR count). The summed E-state index contributed by atoms with van der Waals surface area (Å²) in [5.74, 6) is -0.703. The van der Waals surface area contributed by atoms with E-state index in [0.29, 0.717) is 5.69 Å². The number of benzene rings is 2. The highest BCUT2D eigenvalue weighted by atomic mass is 79.9. The van der Waals surface area contributed by atoms with E-state index < -0.39 is 28.5 Å². The van der Waals surface area contributed by atoms with Crippen LogP contribution in [0.5, 0.6) is 0 Å². The van der Waals surface area contributed by atoms with Gasteiger partial charge in [-0.3, -0.25) is 13.9 Å². The lowest BCUT2D eigenvalue weighted by molar-refractivity contribution is -0.139. The van der Waals surface area contributed by atoms with E-state index in [4.69, 9.17) is 0 Å². The van der Waals surface area contributed by atoms with Gasteiger partial charge in [-0.15, -0.1) is 0 Å². The maximum atomic E-state index is 13.6. The van der Waals surface area contributed by atoms with E-state index in [-0.39, 0.29) is 24.4 Å². The van der Waals surface area contributed by atoms with E-state index >= 15 is 0 Å². The number of nitrogens with one attached hydrogen (secondary N) is 1. The second-order valence-corrected chi connectivity index (χ2v) is 11.8. The molecule has 0 bridgehead atoms. The van der Waals surface area contributed by atoms with Gasteiger partial charge in [0.05, 0.1) is 11.9 Å². The van der Waals surface area contributed by atoms with Crippen LogP contribution in [0, 0.1) is 0 Å². The normalized spacial score (nSPS) is 12.5. The number of nitrogens with zero attached hydrogens (tertiary/aromatic N) is 2. The van der Waals surface area contributed by atoms with Crippen molar-refractivity contribution in [2.24, 2.45) is 0 Å². The first-order valence-electron chi connectivity index (χ1n) is 11.2. The van der Waals surface area contributed by atoms with Crippen molar-refractivity contribution in [2.45, 2.75) is 59.2 Å². The Morgan fingerprint density at radius 1 is 1.00 bits per heavy atom. The minimum Gasteiger partial charge on any atom is -0.352 e. The zero-order chi connectivity index (χ0) is 25.6. The molecular formula is C25H34BrN3O4S. The number of hydrogen-bond donors (Lipinski definition) is 1. The van der Waals surface area contributed by atoms with Gasteiger partial charge >= 0.3 is 0 Å². The third-order valence-electron chi connectivity index (χ3n) is 5.35. The summed E-state index contributed by atoms with van der Waals surface area (Å²) >= 11 is 3.44. The Balaban J connectivity index is 2.46. The maximum absolute atomic E-state index is 13.6. The van der Waals surface area contributed by atoms with Crippen LogP contribution in [0.25, 0.3) is 0 Å². The first-order valence-corrected chi connectivity index (χ1v) is 13.9. The topological polar surface area (TPSA) is 86.8 Å². The molecule has 2 aromatic carbocycles. The van der Waals surface area contributed by atoms with Crippen LogP contribution >= 0.6 is 15.9 Å². The minimum absolute atomic E-state index is 0.0593. The van der Waals surface area contributed by atoms with E-state index in [1.54, 1.807) is 19.1 Å². The summed E-state index contributed by atoms with van der Waals surface area (Å²) in [5, 5.41) is 2.84. The van der Waals surface area contributed by atoms with Crippen molar-refractivity contribution in [1.82, 2.24) is 10.2 Å². The zero-order valence-corrected chi connectivity index (χ0v) is 23.0. The average molecular weight is 553 g/mol. The lowest BCUT2D eigenvalue weighted by Gasteiger charge is -2.32. The summed E-state index contributed by atoms with van der Waals surface area (Å²) in [6.45, 7) is 9.04. The molecule has 0 aliphatic heterocycles. The molecule has 0 saturated carbocycles. The molecule has 1 atom stereocenters. The van der Waals surface area contributed by atoms with Gasteiger partial charge in [0.15, 0.2) is 0 Å². The number of rotatable bonds is 10. The summed E-state index contributed by atoms with van der Waals surface area (Å²) in [5.41, 5.74) is 2.11. The predicted molar refractivity (Wildman–Crippen MR) is 140 cm³/mol. The molecule has 0 aliphatic carbocycles. The van der Waals surface area contributed by atoms with Gasteiger partial charge in [0.2, 0.25) is 21.8 Å². The molecule has 186 valence electrons. The van der Waals surface area contributed by atoms with Crippen LogP contribution in [0.1, 0.15) is 51.7 Å². The molecule has 0 aliphatic rings. The number of amides is 2. The molecule has 0 heterocycles. The van der Waals surface area contributed by atoms with Crippen LogP contribution in [0.2, 0.25) is 0 Å². The van der Waals surface area contributed by atoms with Crippen LogP contribution in [0.4, 0.5) is 5.69 Å². The van der Waals surface area contributed by atoms with Gasteiger partial charge in [-0.2, -0.15) is 0 Å². The van der Waals surface area contributed by atoms with Crippen molar-refractivity contribution in [3.05, 3.63) is 64.1 Å². The highest BCUT2D eigenvalue weighted by molar-refractivity contribution is 9.10. The van der Waals surface area contributed by atoms with Crippen molar-refractivity contribution in [1.29, 1.82) is 0 Å². The molecule has 0 saturated heterocycles. The summed E-state index contributed by atoms with van der Waals surface area (Å²) < 4.78 is 27.6.